The summed E-state index contributed by atoms with van der Waals surface area (Å²) in [5.74, 6) is 2.20. The van der Waals surface area contributed by atoms with E-state index in [2.05, 4.69) is 76.3 Å². The van der Waals surface area contributed by atoms with Gasteiger partial charge in [-0.05, 0) is 54.8 Å². The average Bonchev–Trinajstić information content (AvgIpc) is 3.60. The number of nitrogens with zero attached hydrogens (tertiary/aromatic N) is 4. The maximum Gasteiger partial charge on any atom is 0.251 e. The van der Waals surface area contributed by atoms with Crippen molar-refractivity contribution in [2.75, 3.05) is 5.75 Å². The summed E-state index contributed by atoms with van der Waals surface area (Å²) in [6.45, 7) is 8.79. The molecule has 3 heterocycles. The molecule has 0 fully saturated rings. The molecule has 4 aromatic rings. The number of benzene rings is 1. The summed E-state index contributed by atoms with van der Waals surface area (Å²) >= 11 is 3.33. The van der Waals surface area contributed by atoms with Gasteiger partial charge in [0.2, 0.25) is 0 Å². The molecule has 0 saturated heterocycles. The molecule has 1 aromatic carbocycles. The standard InChI is InChI=1S/C26H34N6OS2/c1-5-20(6-2)32-23-10-9-18(13-22(23)30-24(32)14-21-8-7-11-34-21)25(33)29-19(12-17(3)4)15-35-26-27-16-28-31-26/h7-11,13,16-17,19-20H,5-6,12,14-15H2,1-4H3,(H,29,33)(H,27,28,31). The monoisotopic (exact) mass is 510 g/mol. The third-order valence-electron chi connectivity index (χ3n) is 6.15. The lowest BCUT2D eigenvalue weighted by Gasteiger charge is -2.20. The molecule has 0 spiro atoms. The minimum atomic E-state index is -0.0624. The van der Waals surface area contributed by atoms with Gasteiger partial charge in [0.15, 0.2) is 5.16 Å². The lowest BCUT2D eigenvalue weighted by Crippen LogP contribution is -2.37. The minimum absolute atomic E-state index is 0.0322. The summed E-state index contributed by atoms with van der Waals surface area (Å²) in [7, 11) is 0. The fourth-order valence-electron chi connectivity index (χ4n) is 4.49. The Kier molecular flexibility index (Phi) is 8.62. The van der Waals surface area contributed by atoms with Crippen molar-refractivity contribution in [3.63, 3.8) is 0 Å². The average molecular weight is 511 g/mol. The first-order chi connectivity index (χ1) is 17.0. The molecule has 0 saturated carbocycles. The van der Waals surface area contributed by atoms with Gasteiger partial charge < -0.3 is 9.88 Å². The number of carbonyl (C=O) groups excluding carboxylic acids is 1. The van der Waals surface area contributed by atoms with E-state index in [1.54, 1.807) is 23.1 Å². The van der Waals surface area contributed by atoms with Crippen molar-refractivity contribution in [3.05, 3.63) is 58.3 Å². The number of amides is 1. The number of hydrogen-bond acceptors (Lipinski definition) is 6. The first-order valence-electron chi connectivity index (χ1n) is 12.3. The highest BCUT2D eigenvalue weighted by atomic mass is 32.2. The van der Waals surface area contributed by atoms with Crippen LogP contribution in [0.3, 0.4) is 0 Å². The van der Waals surface area contributed by atoms with Crippen molar-refractivity contribution in [2.45, 2.75) is 70.6 Å². The molecule has 1 amide bonds. The quantitative estimate of drug-likeness (QED) is 0.225. The van der Waals surface area contributed by atoms with Crippen LogP contribution in [0.1, 0.15) is 74.1 Å². The molecule has 9 heteroatoms. The molecular formula is C26H34N6OS2. The van der Waals surface area contributed by atoms with Gasteiger partial charge in [0, 0.05) is 34.7 Å². The highest BCUT2D eigenvalue weighted by Gasteiger charge is 2.21. The Balaban J connectivity index is 1.57. The largest absolute Gasteiger partial charge is 0.348 e. The summed E-state index contributed by atoms with van der Waals surface area (Å²) in [4.78, 5) is 23.7. The normalized spacial score (nSPS) is 12.6. The van der Waals surface area contributed by atoms with Crippen molar-refractivity contribution in [3.8, 4) is 0 Å². The Hall–Kier alpha value is -2.65. The van der Waals surface area contributed by atoms with Crippen molar-refractivity contribution in [1.29, 1.82) is 0 Å². The van der Waals surface area contributed by atoms with Crippen molar-refractivity contribution in [1.82, 2.24) is 30.0 Å². The molecule has 35 heavy (non-hydrogen) atoms. The van der Waals surface area contributed by atoms with Crippen LogP contribution in [0.2, 0.25) is 0 Å². The highest BCUT2D eigenvalue weighted by Crippen LogP contribution is 2.28. The number of aromatic amines is 1. The second-order valence-electron chi connectivity index (χ2n) is 9.23. The lowest BCUT2D eigenvalue weighted by atomic mass is 10.0. The Morgan fingerprint density at radius 1 is 1.23 bits per heavy atom. The van der Waals surface area contributed by atoms with Gasteiger partial charge in [-0.1, -0.05) is 45.5 Å². The van der Waals surface area contributed by atoms with E-state index in [0.717, 1.165) is 53.5 Å². The predicted octanol–water partition coefficient (Wildman–Crippen LogP) is 6.10. The van der Waals surface area contributed by atoms with Gasteiger partial charge in [-0.2, -0.15) is 5.10 Å². The molecule has 0 aliphatic carbocycles. The molecule has 0 aliphatic rings. The number of thiophene rings is 1. The Morgan fingerprint density at radius 2 is 2.06 bits per heavy atom. The number of imidazole rings is 1. The van der Waals surface area contributed by atoms with Crippen LogP contribution in [0.15, 0.2) is 47.2 Å². The number of hydrogen-bond donors (Lipinski definition) is 2. The first kappa shape index (κ1) is 25.4. The minimum Gasteiger partial charge on any atom is -0.348 e. The zero-order chi connectivity index (χ0) is 24.8. The zero-order valence-corrected chi connectivity index (χ0v) is 22.5. The topological polar surface area (TPSA) is 88.5 Å². The van der Waals surface area contributed by atoms with Crippen molar-refractivity contribution in [2.24, 2.45) is 5.92 Å². The van der Waals surface area contributed by atoms with Crippen molar-refractivity contribution < 1.29 is 4.79 Å². The van der Waals surface area contributed by atoms with E-state index in [1.807, 2.05) is 12.1 Å². The number of nitrogens with one attached hydrogen (secondary N) is 2. The number of rotatable bonds is 12. The number of H-pyrrole nitrogens is 1. The Labute approximate surface area is 215 Å². The summed E-state index contributed by atoms with van der Waals surface area (Å²) < 4.78 is 2.38. The molecule has 0 bridgehead atoms. The third-order valence-corrected chi connectivity index (χ3v) is 8.07. The maximum absolute atomic E-state index is 13.2. The molecule has 7 nitrogen and oxygen atoms in total. The van der Waals surface area contributed by atoms with Gasteiger partial charge in [0.25, 0.3) is 5.91 Å². The fourth-order valence-corrected chi connectivity index (χ4v) is 6.01. The smallest absolute Gasteiger partial charge is 0.251 e. The predicted molar refractivity (Wildman–Crippen MR) is 144 cm³/mol. The number of fused-ring (bicyclic) bond motifs is 1. The van der Waals surface area contributed by atoms with Gasteiger partial charge in [-0.15, -0.1) is 11.3 Å². The summed E-state index contributed by atoms with van der Waals surface area (Å²) in [5.41, 5.74) is 2.63. The van der Waals surface area contributed by atoms with Crippen LogP contribution in [0.5, 0.6) is 0 Å². The fraction of sp³-hybridized carbons (Fsp3) is 0.462. The van der Waals surface area contributed by atoms with E-state index in [-0.39, 0.29) is 11.9 Å². The van der Waals surface area contributed by atoms with Crippen LogP contribution in [-0.2, 0) is 6.42 Å². The van der Waals surface area contributed by atoms with E-state index in [4.69, 9.17) is 4.98 Å². The summed E-state index contributed by atoms with van der Waals surface area (Å²) in [5, 5.41) is 12.9. The van der Waals surface area contributed by atoms with Crippen LogP contribution >= 0.6 is 23.1 Å². The summed E-state index contributed by atoms with van der Waals surface area (Å²) in [6, 6.07) is 10.6. The molecule has 1 atom stereocenters. The number of aromatic nitrogens is 5. The van der Waals surface area contributed by atoms with Gasteiger partial charge >= 0.3 is 0 Å². The van der Waals surface area contributed by atoms with Gasteiger partial charge in [0.1, 0.15) is 12.2 Å². The van der Waals surface area contributed by atoms with E-state index in [0.29, 0.717) is 17.5 Å². The molecule has 186 valence electrons. The zero-order valence-electron chi connectivity index (χ0n) is 20.8. The van der Waals surface area contributed by atoms with E-state index < -0.39 is 0 Å². The van der Waals surface area contributed by atoms with Crippen LogP contribution < -0.4 is 5.32 Å². The number of carbonyl (C=O) groups is 1. The number of thioether (sulfide) groups is 1. The molecule has 0 radical (unpaired) electrons. The van der Waals surface area contributed by atoms with Crippen molar-refractivity contribution >= 4 is 40.0 Å². The van der Waals surface area contributed by atoms with E-state index in [9.17, 15) is 4.79 Å². The van der Waals surface area contributed by atoms with Crippen LogP contribution in [0.25, 0.3) is 11.0 Å². The molecule has 1 unspecified atom stereocenters. The lowest BCUT2D eigenvalue weighted by molar-refractivity contribution is 0.0937. The van der Waals surface area contributed by atoms with Crippen LogP contribution in [0.4, 0.5) is 0 Å². The van der Waals surface area contributed by atoms with E-state index >= 15 is 0 Å². The summed E-state index contributed by atoms with van der Waals surface area (Å²) in [6.07, 6.45) is 5.28. The molecule has 4 rings (SSSR count). The Bertz CT molecular complexity index is 1210. The van der Waals surface area contributed by atoms with Gasteiger partial charge in [-0.3, -0.25) is 9.89 Å². The Morgan fingerprint density at radius 3 is 2.71 bits per heavy atom. The van der Waals surface area contributed by atoms with Gasteiger partial charge in [-0.25, -0.2) is 9.97 Å². The maximum atomic E-state index is 13.2. The first-order valence-corrected chi connectivity index (χ1v) is 14.2. The third kappa shape index (κ3) is 6.32. The molecule has 0 aliphatic heterocycles. The SMILES string of the molecule is CCC(CC)n1c(Cc2cccs2)nc2cc(C(=O)NC(CSc3ncn[nH]3)CC(C)C)ccc21. The molecule has 2 N–H and O–H groups in total. The van der Waals surface area contributed by atoms with Crippen LogP contribution in [-0.4, -0.2) is 42.4 Å². The molecule has 3 aromatic heterocycles. The van der Waals surface area contributed by atoms with Crippen LogP contribution in [0, 0.1) is 5.92 Å². The highest BCUT2D eigenvalue weighted by molar-refractivity contribution is 7.99. The second kappa shape index (κ2) is 11.9. The second-order valence-corrected chi connectivity index (χ2v) is 11.3. The van der Waals surface area contributed by atoms with Gasteiger partial charge in [0.05, 0.1) is 11.0 Å². The van der Waals surface area contributed by atoms with E-state index in [1.165, 1.54) is 11.2 Å². The molecular weight excluding hydrogens is 476 g/mol.